The molecule has 1 saturated heterocycles. The molecule has 3 aliphatic carbocycles. The Labute approximate surface area is 132 Å². The first-order chi connectivity index (χ1) is 10.2. The van der Waals surface area contributed by atoms with Crippen molar-refractivity contribution in [3.05, 3.63) is 22.8 Å². The second kappa shape index (κ2) is 4.22. The third-order valence-electron chi connectivity index (χ3n) is 5.69. The lowest BCUT2D eigenvalue weighted by molar-refractivity contribution is -0.156. The molecule has 0 spiro atoms. The van der Waals surface area contributed by atoms with Crippen LogP contribution in [-0.4, -0.2) is 30.1 Å². The summed E-state index contributed by atoms with van der Waals surface area (Å²) in [4.78, 5) is 18.9. The van der Waals surface area contributed by atoms with Crippen molar-refractivity contribution in [1.82, 2.24) is 4.98 Å². The van der Waals surface area contributed by atoms with E-state index in [4.69, 9.17) is 4.74 Å². The number of hydrogen-bond acceptors (Lipinski definition) is 4. The maximum atomic E-state index is 12.3. The van der Waals surface area contributed by atoms with E-state index < -0.39 is 0 Å². The largest absolute Gasteiger partial charge is 0.458 e. The highest BCUT2D eigenvalue weighted by Gasteiger charge is 2.69. The zero-order valence-corrected chi connectivity index (χ0v) is 13.2. The molecule has 3 saturated carbocycles. The molecule has 0 radical (unpaired) electrons. The molecule has 1 aliphatic heterocycles. The Morgan fingerprint density at radius 3 is 2.52 bits per heavy atom. The van der Waals surface area contributed by atoms with Gasteiger partial charge in [-0.3, -0.25) is 4.79 Å². The summed E-state index contributed by atoms with van der Waals surface area (Å²) >= 11 is 3.39. The maximum absolute atomic E-state index is 12.3. The minimum absolute atomic E-state index is 0.0537. The Balaban J connectivity index is 1.17. The fraction of sp³-hybridized carbons (Fsp3) is 0.625. The Morgan fingerprint density at radius 1 is 1.19 bits per heavy atom. The molecule has 4 unspecified atom stereocenters. The number of aromatic nitrogens is 1. The summed E-state index contributed by atoms with van der Waals surface area (Å²) in [5.41, 5.74) is 0. The van der Waals surface area contributed by atoms with Gasteiger partial charge in [0.15, 0.2) is 0 Å². The van der Waals surface area contributed by atoms with Crippen molar-refractivity contribution < 1.29 is 9.53 Å². The smallest absolute Gasteiger partial charge is 0.309 e. The van der Waals surface area contributed by atoms with Crippen molar-refractivity contribution in [3.8, 4) is 0 Å². The Kier molecular flexibility index (Phi) is 2.50. The predicted molar refractivity (Wildman–Crippen MR) is 80.7 cm³/mol. The van der Waals surface area contributed by atoms with Crippen LogP contribution in [0, 0.1) is 29.6 Å². The minimum atomic E-state index is 0.0537. The molecule has 4 fully saturated rings. The highest BCUT2D eigenvalue weighted by Crippen LogP contribution is 2.72. The number of pyridine rings is 1. The van der Waals surface area contributed by atoms with Gasteiger partial charge in [-0.2, -0.15) is 0 Å². The van der Waals surface area contributed by atoms with Gasteiger partial charge in [-0.15, -0.1) is 0 Å². The third-order valence-corrected chi connectivity index (χ3v) is 6.16. The standard InChI is InChI=1S/C16H17BrN2O2/c17-8-1-2-14(18-5-8)19-6-9(7-19)21-16(20)15-12-3-10(12)11-4-13(11)15/h1-2,5,9-13,15H,3-4,6-7H2. The molecule has 5 rings (SSSR count). The Hall–Kier alpha value is -1.10. The zero-order valence-electron chi connectivity index (χ0n) is 11.6. The molecule has 1 aromatic heterocycles. The van der Waals surface area contributed by atoms with E-state index in [1.807, 2.05) is 12.1 Å². The lowest BCUT2D eigenvalue weighted by Crippen LogP contribution is -2.54. The number of carbonyl (C=O) groups is 1. The number of halogens is 1. The molecule has 0 bridgehead atoms. The van der Waals surface area contributed by atoms with E-state index in [-0.39, 0.29) is 18.0 Å². The molecule has 4 aliphatic rings. The monoisotopic (exact) mass is 348 g/mol. The van der Waals surface area contributed by atoms with Crippen LogP contribution in [0.3, 0.4) is 0 Å². The summed E-state index contributed by atoms with van der Waals surface area (Å²) < 4.78 is 6.70. The summed E-state index contributed by atoms with van der Waals surface area (Å²) in [7, 11) is 0. The molecule has 1 aromatic rings. The highest BCUT2D eigenvalue weighted by molar-refractivity contribution is 9.10. The summed E-state index contributed by atoms with van der Waals surface area (Å²) in [5, 5.41) is 0. The van der Waals surface area contributed by atoms with Gasteiger partial charge in [-0.05, 0) is 64.6 Å². The van der Waals surface area contributed by atoms with Gasteiger partial charge >= 0.3 is 5.97 Å². The topological polar surface area (TPSA) is 42.4 Å². The first-order valence-electron chi connectivity index (χ1n) is 7.77. The lowest BCUT2D eigenvalue weighted by Gasteiger charge is -2.39. The Morgan fingerprint density at radius 2 is 1.90 bits per heavy atom. The van der Waals surface area contributed by atoms with E-state index in [1.165, 1.54) is 12.8 Å². The normalized spacial score (nSPS) is 39.3. The molecular weight excluding hydrogens is 332 g/mol. The average molecular weight is 349 g/mol. The van der Waals surface area contributed by atoms with Crippen LogP contribution < -0.4 is 4.90 Å². The summed E-state index contributed by atoms with van der Waals surface area (Å²) in [6, 6.07) is 3.98. The molecule has 21 heavy (non-hydrogen) atoms. The van der Waals surface area contributed by atoms with Gasteiger partial charge < -0.3 is 9.64 Å². The third kappa shape index (κ3) is 1.93. The summed E-state index contributed by atoms with van der Waals surface area (Å²) in [5.74, 6) is 4.36. The van der Waals surface area contributed by atoms with Gasteiger partial charge in [0, 0.05) is 10.7 Å². The molecule has 0 amide bonds. The van der Waals surface area contributed by atoms with Gasteiger partial charge in [0.25, 0.3) is 0 Å². The molecule has 0 N–H and O–H groups in total. The maximum Gasteiger partial charge on any atom is 0.309 e. The van der Waals surface area contributed by atoms with Crippen molar-refractivity contribution in [1.29, 1.82) is 0 Å². The predicted octanol–water partition coefficient (Wildman–Crippen LogP) is 2.48. The van der Waals surface area contributed by atoms with Gasteiger partial charge in [0.2, 0.25) is 0 Å². The number of hydrogen-bond donors (Lipinski definition) is 0. The van der Waals surface area contributed by atoms with E-state index in [0.717, 1.165) is 35.2 Å². The number of rotatable bonds is 3. The number of fused-ring (bicyclic) bond motifs is 3. The van der Waals surface area contributed by atoms with E-state index >= 15 is 0 Å². The molecule has 0 aromatic carbocycles. The van der Waals surface area contributed by atoms with Crippen molar-refractivity contribution in [3.63, 3.8) is 0 Å². The minimum Gasteiger partial charge on any atom is -0.458 e. The zero-order chi connectivity index (χ0) is 14.1. The fourth-order valence-electron chi connectivity index (χ4n) is 4.45. The molecule has 110 valence electrons. The van der Waals surface area contributed by atoms with Crippen LogP contribution in [0.5, 0.6) is 0 Å². The van der Waals surface area contributed by atoms with E-state index in [9.17, 15) is 4.79 Å². The number of anilines is 1. The number of esters is 1. The Bertz CT molecular complexity index is 583. The summed E-state index contributed by atoms with van der Waals surface area (Å²) in [6.45, 7) is 1.55. The second-order valence-electron chi connectivity index (χ2n) is 6.95. The van der Waals surface area contributed by atoms with Crippen LogP contribution in [0.15, 0.2) is 22.8 Å². The quantitative estimate of drug-likeness (QED) is 0.787. The van der Waals surface area contributed by atoms with Crippen LogP contribution in [0.1, 0.15) is 12.8 Å². The van der Waals surface area contributed by atoms with Gasteiger partial charge in [-0.25, -0.2) is 4.98 Å². The summed E-state index contributed by atoms with van der Waals surface area (Å²) in [6.07, 6.45) is 4.41. The number of nitrogens with zero attached hydrogens (tertiary/aromatic N) is 2. The first kappa shape index (κ1) is 12.4. The lowest BCUT2D eigenvalue weighted by atomic mass is 10.0. The van der Waals surface area contributed by atoms with Crippen LogP contribution in [0.4, 0.5) is 5.82 Å². The van der Waals surface area contributed by atoms with Crippen LogP contribution in [-0.2, 0) is 9.53 Å². The fourth-order valence-corrected chi connectivity index (χ4v) is 4.68. The van der Waals surface area contributed by atoms with E-state index in [0.29, 0.717) is 11.8 Å². The highest BCUT2D eigenvalue weighted by atomic mass is 79.9. The van der Waals surface area contributed by atoms with E-state index in [1.54, 1.807) is 6.20 Å². The average Bonchev–Trinajstić information content (AvgIpc) is 3.32. The van der Waals surface area contributed by atoms with Crippen molar-refractivity contribution in [2.45, 2.75) is 18.9 Å². The van der Waals surface area contributed by atoms with E-state index in [2.05, 4.69) is 25.8 Å². The van der Waals surface area contributed by atoms with Crippen LogP contribution in [0.2, 0.25) is 0 Å². The molecule has 5 heteroatoms. The number of carbonyl (C=O) groups excluding carboxylic acids is 1. The molecule has 4 atom stereocenters. The van der Waals surface area contributed by atoms with Gasteiger partial charge in [0.05, 0.1) is 19.0 Å². The van der Waals surface area contributed by atoms with Crippen LogP contribution in [0.25, 0.3) is 0 Å². The van der Waals surface area contributed by atoms with Gasteiger partial charge in [0.1, 0.15) is 11.9 Å². The first-order valence-corrected chi connectivity index (χ1v) is 8.57. The van der Waals surface area contributed by atoms with Crippen molar-refractivity contribution >= 4 is 27.7 Å². The molecule has 2 heterocycles. The van der Waals surface area contributed by atoms with Gasteiger partial charge in [-0.1, -0.05) is 0 Å². The molecular formula is C16H17BrN2O2. The second-order valence-corrected chi connectivity index (χ2v) is 7.87. The number of ether oxygens (including phenoxy) is 1. The molecule has 4 nitrogen and oxygen atoms in total. The SMILES string of the molecule is O=C(OC1CN(c2ccc(Br)cn2)C1)C1C2CC2C2CC21. The van der Waals surface area contributed by atoms with Crippen molar-refractivity contribution in [2.75, 3.05) is 18.0 Å². The van der Waals surface area contributed by atoms with Crippen molar-refractivity contribution in [2.24, 2.45) is 29.6 Å². The van der Waals surface area contributed by atoms with Crippen LogP contribution >= 0.6 is 15.9 Å².